The summed E-state index contributed by atoms with van der Waals surface area (Å²) in [5.74, 6) is 2.65. The molecular formula is C15H29NO. The van der Waals surface area contributed by atoms with Crippen LogP contribution in [0.25, 0.3) is 0 Å². The van der Waals surface area contributed by atoms with Crippen LogP contribution >= 0.6 is 0 Å². The first-order valence-corrected chi connectivity index (χ1v) is 7.26. The molecule has 1 aliphatic heterocycles. The van der Waals surface area contributed by atoms with E-state index in [1.165, 1.54) is 12.8 Å². The van der Waals surface area contributed by atoms with Gasteiger partial charge in [0.25, 0.3) is 0 Å². The molecule has 0 aromatic rings. The average molecular weight is 239 g/mol. The summed E-state index contributed by atoms with van der Waals surface area (Å²) in [6.07, 6.45) is 3.47. The van der Waals surface area contributed by atoms with E-state index in [-0.39, 0.29) is 5.92 Å². The molecule has 1 amide bonds. The first-order chi connectivity index (χ1) is 7.97. The molecule has 0 aromatic heterocycles. The van der Waals surface area contributed by atoms with Crippen molar-refractivity contribution in [2.24, 2.45) is 23.7 Å². The highest BCUT2D eigenvalue weighted by Crippen LogP contribution is 2.26. The Morgan fingerprint density at radius 2 is 1.71 bits per heavy atom. The van der Waals surface area contributed by atoms with Gasteiger partial charge in [-0.2, -0.15) is 0 Å². The minimum atomic E-state index is 0.190. The number of nitrogens with zero attached hydrogens (tertiary/aromatic N) is 1. The number of piperidine rings is 1. The zero-order chi connectivity index (χ0) is 13.0. The van der Waals surface area contributed by atoms with Gasteiger partial charge in [-0.3, -0.25) is 4.79 Å². The molecule has 2 atom stereocenters. The molecule has 1 saturated heterocycles. The molecule has 2 nitrogen and oxygen atoms in total. The van der Waals surface area contributed by atoms with Crippen LogP contribution in [0, 0.1) is 23.7 Å². The number of amides is 1. The van der Waals surface area contributed by atoms with Gasteiger partial charge in [0.15, 0.2) is 0 Å². The average Bonchev–Trinajstić information content (AvgIpc) is 2.36. The van der Waals surface area contributed by atoms with E-state index < -0.39 is 0 Å². The largest absolute Gasteiger partial charge is 0.342 e. The number of carbonyl (C=O) groups excluding carboxylic acids is 1. The molecule has 1 aliphatic rings. The summed E-state index contributed by atoms with van der Waals surface area (Å²) in [5.41, 5.74) is 0. The lowest BCUT2D eigenvalue weighted by atomic mass is 9.85. The van der Waals surface area contributed by atoms with Crippen molar-refractivity contribution < 1.29 is 4.79 Å². The summed E-state index contributed by atoms with van der Waals surface area (Å²) in [5, 5.41) is 0. The van der Waals surface area contributed by atoms with Crippen LogP contribution in [-0.4, -0.2) is 23.9 Å². The Hall–Kier alpha value is -0.530. The second-order valence-electron chi connectivity index (χ2n) is 6.08. The minimum Gasteiger partial charge on any atom is -0.342 e. The van der Waals surface area contributed by atoms with Crippen molar-refractivity contribution in [1.82, 2.24) is 4.90 Å². The van der Waals surface area contributed by atoms with E-state index in [0.717, 1.165) is 31.3 Å². The molecule has 17 heavy (non-hydrogen) atoms. The normalized spacial score (nSPS) is 21.6. The van der Waals surface area contributed by atoms with E-state index in [1.54, 1.807) is 0 Å². The van der Waals surface area contributed by atoms with E-state index in [2.05, 4.69) is 39.5 Å². The van der Waals surface area contributed by atoms with Gasteiger partial charge in [-0.15, -0.1) is 0 Å². The Kier molecular flexibility index (Phi) is 5.48. The van der Waals surface area contributed by atoms with Crippen LogP contribution in [0.15, 0.2) is 0 Å². The summed E-state index contributed by atoms with van der Waals surface area (Å²) < 4.78 is 0. The molecule has 1 heterocycles. The zero-order valence-corrected chi connectivity index (χ0v) is 12.2. The van der Waals surface area contributed by atoms with Crippen LogP contribution in [0.4, 0.5) is 0 Å². The molecule has 0 bridgehead atoms. The van der Waals surface area contributed by atoms with Crippen LogP contribution in [0.3, 0.4) is 0 Å². The van der Waals surface area contributed by atoms with Gasteiger partial charge in [0, 0.05) is 19.0 Å². The number of rotatable bonds is 4. The number of hydrogen-bond acceptors (Lipinski definition) is 1. The summed E-state index contributed by atoms with van der Waals surface area (Å²) in [6.45, 7) is 13.0. The first-order valence-electron chi connectivity index (χ1n) is 7.26. The molecule has 0 spiro atoms. The van der Waals surface area contributed by atoms with Gasteiger partial charge < -0.3 is 4.90 Å². The molecule has 2 heteroatoms. The molecule has 1 fully saturated rings. The second kappa shape index (κ2) is 6.42. The molecule has 0 radical (unpaired) electrons. The molecule has 2 unspecified atom stereocenters. The highest BCUT2D eigenvalue weighted by atomic mass is 16.2. The third-order valence-electron chi connectivity index (χ3n) is 4.68. The Morgan fingerprint density at radius 3 is 2.12 bits per heavy atom. The van der Waals surface area contributed by atoms with Crippen LogP contribution in [0.5, 0.6) is 0 Å². The molecule has 0 N–H and O–H groups in total. The van der Waals surface area contributed by atoms with Crippen molar-refractivity contribution in [3.63, 3.8) is 0 Å². The minimum absolute atomic E-state index is 0.190. The van der Waals surface area contributed by atoms with E-state index in [0.29, 0.717) is 11.8 Å². The summed E-state index contributed by atoms with van der Waals surface area (Å²) in [4.78, 5) is 14.4. The third-order valence-corrected chi connectivity index (χ3v) is 4.68. The molecular weight excluding hydrogens is 210 g/mol. The quantitative estimate of drug-likeness (QED) is 0.734. The summed E-state index contributed by atoms with van der Waals surface area (Å²) in [7, 11) is 0. The van der Waals surface area contributed by atoms with Crippen molar-refractivity contribution >= 4 is 5.91 Å². The van der Waals surface area contributed by atoms with Gasteiger partial charge in [-0.25, -0.2) is 0 Å². The van der Waals surface area contributed by atoms with Crippen molar-refractivity contribution in [3.05, 3.63) is 0 Å². The standard InChI is InChI=1S/C15H29NO/c1-6-12(4)13(5)15(17)16-9-7-14(8-10-16)11(2)3/h11-14H,6-10H2,1-5H3. The van der Waals surface area contributed by atoms with E-state index in [9.17, 15) is 4.79 Å². The second-order valence-corrected chi connectivity index (χ2v) is 6.08. The van der Waals surface area contributed by atoms with Gasteiger partial charge in [-0.05, 0) is 30.6 Å². The number of hydrogen-bond donors (Lipinski definition) is 0. The highest BCUT2D eigenvalue weighted by molar-refractivity contribution is 5.78. The highest BCUT2D eigenvalue weighted by Gasteiger charge is 2.28. The smallest absolute Gasteiger partial charge is 0.225 e. The van der Waals surface area contributed by atoms with Crippen molar-refractivity contribution in [3.8, 4) is 0 Å². The molecule has 0 aliphatic carbocycles. The van der Waals surface area contributed by atoms with Crippen LogP contribution in [-0.2, 0) is 4.79 Å². The Bertz CT molecular complexity index is 241. The van der Waals surface area contributed by atoms with Crippen molar-refractivity contribution in [2.45, 2.75) is 53.9 Å². The lowest BCUT2D eigenvalue weighted by Crippen LogP contribution is -2.43. The first kappa shape index (κ1) is 14.5. The van der Waals surface area contributed by atoms with Gasteiger partial charge in [-0.1, -0.05) is 41.0 Å². The van der Waals surface area contributed by atoms with Gasteiger partial charge in [0.2, 0.25) is 5.91 Å². The van der Waals surface area contributed by atoms with Gasteiger partial charge in [0.05, 0.1) is 0 Å². The van der Waals surface area contributed by atoms with Crippen molar-refractivity contribution in [1.29, 1.82) is 0 Å². The van der Waals surface area contributed by atoms with E-state index in [4.69, 9.17) is 0 Å². The van der Waals surface area contributed by atoms with Gasteiger partial charge in [0.1, 0.15) is 0 Å². The van der Waals surface area contributed by atoms with E-state index >= 15 is 0 Å². The number of carbonyl (C=O) groups is 1. The van der Waals surface area contributed by atoms with Crippen molar-refractivity contribution in [2.75, 3.05) is 13.1 Å². The fourth-order valence-corrected chi connectivity index (χ4v) is 2.67. The molecule has 100 valence electrons. The van der Waals surface area contributed by atoms with Crippen LogP contribution in [0.2, 0.25) is 0 Å². The number of likely N-dealkylation sites (tertiary alicyclic amines) is 1. The molecule has 0 aromatic carbocycles. The maximum Gasteiger partial charge on any atom is 0.225 e. The van der Waals surface area contributed by atoms with Crippen LogP contribution in [0.1, 0.15) is 53.9 Å². The predicted octanol–water partition coefficient (Wildman–Crippen LogP) is 3.56. The molecule has 0 saturated carbocycles. The third kappa shape index (κ3) is 3.72. The monoisotopic (exact) mass is 239 g/mol. The van der Waals surface area contributed by atoms with Gasteiger partial charge >= 0.3 is 0 Å². The predicted molar refractivity (Wildman–Crippen MR) is 72.8 cm³/mol. The maximum atomic E-state index is 12.3. The van der Waals surface area contributed by atoms with E-state index in [1.807, 2.05) is 0 Å². The Labute approximate surface area is 107 Å². The topological polar surface area (TPSA) is 20.3 Å². The zero-order valence-electron chi connectivity index (χ0n) is 12.2. The maximum absolute atomic E-state index is 12.3. The Morgan fingerprint density at radius 1 is 1.18 bits per heavy atom. The van der Waals surface area contributed by atoms with Crippen LogP contribution < -0.4 is 0 Å². The lowest BCUT2D eigenvalue weighted by Gasteiger charge is -2.36. The fraction of sp³-hybridized carbons (Fsp3) is 0.933. The summed E-state index contributed by atoms with van der Waals surface area (Å²) >= 11 is 0. The SMILES string of the molecule is CCC(C)C(C)C(=O)N1CCC(C(C)C)CC1. The lowest BCUT2D eigenvalue weighted by molar-refractivity contribution is -0.138. The Balaban J connectivity index is 2.46. The fourth-order valence-electron chi connectivity index (χ4n) is 2.67. The summed E-state index contributed by atoms with van der Waals surface area (Å²) in [6, 6.07) is 0. The molecule has 1 rings (SSSR count).